The van der Waals surface area contributed by atoms with Crippen molar-refractivity contribution in [3.63, 3.8) is 0 Å². The van der Waals surface area contributed by atoms with Crippen LogP contribution in [0.2, 0.25) is 0 Å². The Bertz CT molecular complexity index is 713. The van der Waals surface area contributed by atoms with Crippen LogP contribution in [0.5, 0.6) is 5.75 Å². The van der Waals surface area contributed by atoms with Crippen molar-refractivity contribution in [3.8, 4) is 5.75 Å². The van der Waals surface area contributed by atoms with E-state index in [1.54, 1.807) is 6.92 Å². The van der Waals surface area contributed by atoms with Gasteiger partial charge in [-0.25, -0.2) is 0 Å². The van der Waals surface area contributed by atoms with Crippen LogP contribution in [0.3, 0.4) is 0 Å². The minimum absolute atomic E-state index is 0. The molecule has 0 bridgehead atoms. The summed E-state index contributed by atoms with van der Waals surface area (Å²) in [5.41, 5.74) is 6.98. The number of para-hydroxylation sites is 1. The number of amides is 1. The number of rotatable bonds is 6. The molecule has 2 aromatic rings. The maximum absolute atomic E-state index is 12.6. The van der Waals surface area contributed by atoms with Gasteiger partial charge in [-0.2, -0.15) is 0 Å². The molecular formula is C21H27ClN2O2. The third kappa shape index (κ3) is 4.77. The number of benzene rings is 2. The predicted molar refractivity (Wildman–Crippen MR) is 106 cm³/mol. The summed E-state index contributed by atoms with van der Waals surface area (Å²) in [6, 6.07) is 17.3. The third-order valence-corrected chi connectivity index (χ3v) is 4.85. The minimum atomic E-state index is -1.07. The van der Waals surface area contributed by atoms with Gasteiger partial charge in [0.1, 0.15) is 11.3 Å². The highest BCUT2D eigenvalue weighted by molar-refractivity contribution is 5.87. The van der Waals surface area contributed by atoms with Gasteiger partial charge in [-0.1, -0.05) is 48.5 Å². The van der Waals surface area contributed by atoms with Crippen molar-refractivity contribution in [3.05, 3.63) is 65.7 Å². The Hall–Kier alpha value is -2.04. The number of nitrogens with two attached hydrogens (primary N) is 1. The van der Waals surface area contributed by atoms with E-state index < -0.39 is 5.54 Å². The molecule has 0 heterocycles. The smallest absolute Gasteiger partial charge is 0.244 e. The van der Waals surface area contributed by atoms with Gasteiger partial charge in [-0.3, -0.25) is 4.79 Å². The molecule has 1 fully saturated rings. The highest BCUT2D eigenvalue weighted by atomic mass is 35.5. The van der Waals surface area contributed by atoms with E-state index in [4.69, 9.17) is 10.5 Å². The molecule has 2 aromatic carbocycles. The molecule has 1 aliphatic carbocycles. The van der Waals surface area contributed by atoms with Crippen LogP contribution in [0, 0.1) is 0 Å². The number of nitrogens with one attached hydrogen (secondary N) is 1. The standard InChI is InChI=1S/C21H26N2O2.ClH/c1-21(22,17-10-3-2-4-11-17)20(24)23-15-16-9-5-8-14-19(16)25-18-12-6-7-13-18;/h2-5,8-11,14,18H,6-7,12-13,15,22H2,1H3,(H,23,24);1H. The van der Waals surface area contributed by atoms with Gasteiger partial charge in [-0.05, 0) is 44.2 Å². The Morgan fingerprint density at radius 2 is 1.73 bits per heavy atom. The molecule has 0 radical (unpaired) electrons. The lowest BCUT2D eigenvalue weighted by Crippen LogP contribution is -2.48. The summed E-state index contributed by atoms with van der Waals surface area (Å²) in [5, 5.41) is 2.96. The van der Waals surface area contributed by atoms with Crippen molar-refractivity contribution in [2.45, 2.75) is 50.8 Å². The van der Waals surface area contributed by atoms with Crippen LogP contribution in [0.4, 0.5) is 0 Å². The third-order valence-electron chi connectivity index (χ3n) is 4.85. The molecule has 140 valence electrons. The van der Waals surface area contributed by atoms with E-state index >= 15 is 0 Å². The van der Waals surface area contributed by atoms with Crippen molar-refractivity contribution in [1.29, 1.82) is 0 Å². The van der Waals surface area contributed by atoms with Gasteiger partial charge in [0, 0.05) is 12.1 Å². The predicted octanol–water partition coefficient (Wildman–Crippen LogP) is 3.92. The van der Waals surface area contributed by atoms with Crippen molar-refractivity contribution >= 4 is 18.3 Å². The molecule has 1 aliphatic rings. The Balaban J connectivity index is 0.00000243. The largest absolute Gasteiger partial charge is 0.490 e. The van der Waals surface area contributed by atoms with E-state index in [9.17, 15) is 4.79 Å². The summed E-state index contributed by atoms with van der Waals surface area (Å²) < 4.78 is 6.13. The molecule has 1 saturated carbocycles. The van der Waals surface area contributed by atoms with Crippen molar-refractivity contribution < 1.29 is 9.53 Å². The van der Waals surface area contributed by atoms with Crippen LogP contribution in [-0.4, -0.2) is 12.0 Å². The molecule has 1 unspecified atom stereocenters. The van der Waals surface area contributed by atoms with E-state index in [-0.39, 0.29) is 18.3 Å². The van der Waals surface area contributed by atoms with Gasteiger partial charge < -0.3 is 15.8 Å². The second kappa shape index (κ2) is 9.06. The molecule has 26 heavy (non-hydrogen) atoms. The normalized spacial score (nSPS) is 16.4. The number of carbonyl (C=O) groups is 1. The zero-order valence-corrected chi connectivity index (χ0v) is 15.9. The maximum Gasteiger partial charge on any atom is 0.244 e. The zero-order chi connectivity index (χ0) is 17.7. The van der Waals surface area contributed by atoms with Gasteiger partial charge in [0.25, 0.3) is 0 Å². The molecule has 0 aliphatic heterocycles. The average Bonchev–Trinajstić information content (AvgIpc) is 3.14. The number of hydrogen-bond acceptors (Lipinski definition) is 3. The number of carbonyl (C=O) groups excluding carboxylic acids is 1. The number of hydrogen-bond donors (Lipinski definition) is 2. The Morgan fingerprint density at radius 3 is 2.42 bits per heavy atom. The Labute approximate surface area is 161 Å². The zero-order valence-electron chi connectivity index (χ0n) is 15.1. The molecule has 5 heteroatoms. The second-order valence-electron chi connectivity index (χ2n) is 6.88. The lowest BCUT2D eigenvalue weighted by molar-refractivity contribution is -0.126. The van der Waals surface area contributed by atoms with E-state index in [2.05, 4.69) is 5.32 Å². The second-order valence-corrected chi connectivity index (χ2v) is 6.88. The van der Waals surface area contributed by atoms with Gasteiger partial charge >= 0.3 is 0 Å². The fraction of sp³-hybridized carbons (Fsp3) is 0.381. The van der Waals surface area contributed by atoms with Crippen molar-refractivity contribution in [1.82, 2.24) is 5.32 Å². The highest BCUT2D eigenvalue weighted by Gasteiger charge is 2.30. The summed E-state index contributed by atoms with van der Waals surface area (Å²) in [6.45, 7) is 2.14. The van der Waals surface area contributed by atoms with E-state index in [1.807, 2.05) is 54.6 Å². The van der Waals surface area contributed by atoms with Gasteiger partial charge in [0.2, 0.25) is 5.91 Å². The monoisotopic (exact) mass is 374 g/mol. The summed E-state index contributed by atoms with van der Waals surface area (Å²) in [5.74, 6) is 0.655. The molecule has 0 aromatic heterocycles. The first-order valence-corrected chi connectivity index (χ1v) is 8.94. The fourth-order valence-electron chi connectivity index (χ4n) is 3.23. The van der Waals surface area contributed by atoms with Crippen LogP contribution >= 0.6 is 12.4 Å². The van der Waals surface area contributed by atoms with Gasteiger partial charge in [0.15, 0.2) is 0 Å². The average molecular weight is 375 g/mol. The SMILES string of the molecule is CC(N)(C(=O)NCc1ccccc1OC1CCCC1)c1ccccc1.Cl. The summed E-state index contributed by atoms with van der Waals surface area (Å²) >= 11 is 0. The highest BCUT2D eigenvalue weighted by Crippen LogP contribution is 2.27. The molecule has 1 atom stereocenters. The van der Waals surface area contributed by atoms with Gasteiger partial charge in [0.05, 0.1) is 6.10 Å². The lowest BCUT2D eigenvalue weighted by Gasteiger charge is -2.24. The van der Waals surface area contributed by atoms with Crippen LogP contribution in [-0.2, 0) is 16.9 Å². The lowest BCUT2D eigenvalue weighted by atomic mass is 9.92. The van der Waals surface area contributed by atoms with Crippen molar-refractivity contribution in [2.75, 3.05) is 0 Å². The molecule has 0 spiro atoms. The first kappa shape index (κ1) is 20.3. The topological polar surface area (TPSA) is 64.4 Å². The maximum atomic E-state index is 12.6. The first-order valence-electron chi connectivity index (χ1n) is 8.94. The number of ether oxygens (including phenoxy) is 1. The fourth-order valence-corrected chi connectivity index (χ4v) is 3.23. The van der Waals surface area contributed by atoms with E-state index in [0.717, 1.165) is 29.7 Å². The molecule has 4 nitrogen and oxygen atoms in total. The summed E-state index contributed by atoms with van der Waals surface area (Å²) in [4.78, 5) is 12.6. The van der Waals surface area contributed by atoms with Crippen LogP contribution in [0.15, 0.2) is 54.6 Å². The Morgan fingerprint density at radius 1 is 1.12 bits per heavy atom. The quantitative estimate of drug-likeness (QED) is 0.805. The molecule has 3 N–H and O–H groups in total. The van der Waals surface area contributed by atoms with E-state index in [1.165, 1.54) is 12.8 Å². The Kier molecular flexibility index (Phi) is 7.06. The molecular weight excluding hydrogens is 348 g/mol. The molecule has 0 saturated heterocycles. The first-order chi connectivity index (χ1) is 12.1. The summed E-state index contributed by atoms with van der Waals surface area (Å²) in [6.07, 6.45) is 4.96. The van der Waals surface area contributed by atoms with Crippen LogP contribution in [0.25, 0.3) is 0 Å². The van der Waals surface area contributed by atoms with Crippen LogP contribution < -0.4 is 15.8 Å². The molecule has 3 rings (SSSR count). The summed E-state index contributed by atoms with van der Waals surface area (Å²) in [7, 11) is 0. The number of halogens is 1. The van der Waals surface area contributed by atoms with E-state index in [0.29, 0.717) is 12.6 Å². The van der Waals surface area contributed by atoms with Crippen molar-refractivity contribution in [2.24, 2.45) is 5.73 Å². The molecule has 1 amide bonds. The minimum Gasteiger partial charge on any atom is -0.490 e. The van der Waals surface area contributed by atoms with Gasteiger partial charge in [-0.15, -0.1) is 12.4 Å². The van der Waals surface area contributed by atoms with Crippen LogP contribution in [0.1, 0.15) is 43.7 Å².